The molecule has 1 heterocycles. The van der Waals surface area contributed by atoms with E-state index in [2.05, 4.69) is 10.4 Å². The average Bonchev–Trinajstić information content (AvgIpc) is 2.87. The van der Waals surface area contributed by atoms with Gasteiger partial charge in [0.1, 0.15) is 0 Å². The molecule has 3 N–H and O–H groups in total. The van der Waals surface area contributed by atoms with E-state index in [9.17, 15) is 14.4 Å². The maximum Gasteiger partial charge on any atom is 0.309 e. The molecule has 1 aliphatic rings. The van der Waals surface area contributed by atoms with Crippen molar-refractivity contribution in [2.45, 2.75) is 39.7 Å². The number of nitrogens with one attached hydrogen (secondary N) is 1. The Kier molecular flexibility index (Phi) is 9.34. The van der Waals surface area contributed by atoms with Crippen LogP contribution >= 0.6 is 23.2 Å². The number of halogens is 2. The van der Waals surface area contributed by atoms with Crippen LogP contribution in [0.1, 0.15) is 70.5 Å². The van der Waals surface area contributed by atoms with Crippen molar-refractivity contribution in [3.05, 3.63) is 74.4 Å². The molecule has 0 radical (unpaired) electrons. The molecule has 3 rings (SSSR count). The largest absolute Gasteiger partial charge is 0.466 e. The highest BCUT2D eigenvalue weighted by molar-refractivity contribution is 6.40. The second-order valence-corrected chi connectivity index (χ2v) is 9.41. The van der Waals surface area contributed by atoms with Gasteiger partial charge in [0.05, 0.1) is 34.7 Å². The van der Waals surface area contributed by atoms with E-state index in [1.165, 1.54) is 11.2 Å². The van der Waals surface area contributed by atoms with Crippen LogP contribution in [0.4, 0.5) is 0 Å². The fourth-order valence-electron chi connectivity index (χ4n) is 4.56. The number of hydrogen-bond acceptors (Lipinski definition) is 6. The highest BCUT2D eigenvalue weighted by Gasteiger charge is 2.34. The standard InChI is InChI=1S/C27H30Cl2N4O4/c1-5-19(15(3)27(36)37-6-2)20-9-7-8-16-14-33(32-25(34)23(16)20)26(35)24-21(28)10-17(11-22(24)29)18(12-30)13-31-4/h7-13,15,19H,5-6,14,30H2,1-4H3,(H,32,34)/t15-,19+/m0/s1. The van der Waals surface area contributed by atoms with Gasteiger partial charge in [-0.05, 0) is 48.1 Å². The lowest BCUT2D eigenvalue weighted by atomic mass is 9.81. The van der Waals surface area contributed by atoms with Gasteiger partial charge in [-0.15, -0.1) is 0 Å². The summed E-state index contributed by atoms with van der Waals surface area (Å²) in [5, 5.41) is 1.41. The number of nitrogens with zero attached hydrogens (tertiary/aromatic N) is 2. The summed E-state index contributed by atoms with van der Waals surface area (Å²) >= 11 is 12.9. The number of nitrogens with two attached hydrogens (primary N) is 1. The number of aliphatic imine (C=N–C) groups is 1. The van der Waals surface area contributed by atoms with Gasteiger partial charge >= 0.3 is 5.97 Å². The molecule has 10 heteroatoms. The van der Waals surface area contributed by atoms with E-state index in [0.717, 1.165) is 5.56 Å². The molecule has 0 saturated heterocycles. The van der Waals surface area contributed by atoms with Crippen molar-refractivity contribution < 1.29 is 19.1 Å². The predicted molar refractivity (Wildman–Crippen MR) is 146 cm³/mol. The van der Waals surface area contributed by atoms with Gasteiger partial charge in [-0.3, -0.25) is 24.8 Å². The van der Waals surface area contributed by atoms with Gasteiger partial charge < -0.3 is 10.5 Å². The van der Waals surface area contributed by atoms with Crippen molar-refractivity contribution in [1.82, 2.24) is 10.4 Å². The summed E-state index contributed by atoms with van der Waals surface area (Å²) in [5.74, 6) is -1.98. The minimum Gasteiger partial charge on any atom is -0.466 e. The molecule has 2 aromatic rings. The number of benzene rings is 2. The van der Waals surface area contributed by atoms with Crippen LogP contribution in [0.3, 0.4) is 0 Å². The van der Waals surface area contributed by atoms with Gasteiger partial charge in [0, 0.05) is 30.6 Å². The first-order valence-electron chi connectivity index (χ1n) is 11.9. The van der Waals surface area contributed by atoms with E-state index >= 15 is 0 Å². The molecule has 0 aliphatic carbocycles. The summed E-state index contributed by atoms with van der Waals surface area (Å²) in [6.45, 7) is 5.90. The first kappa shape index (κ1) is 28.2. The van der Waals surface area contributed by atoms with E-state index in [4.69, 9.17) is 33.7 Å². The molecular formula is C27H30Cl2N4O4. The molecule has 8 nitrogen and oxygen atoms in total. The van der Waals surface area contributed by atoms with Crippen molar-refractivity contribution in [3.8, 4) is 0 Å². The summed E-state index contributed by atoms with van der Waals surface area (Å²) in [6.07, 6.45) is 3.54. The Hall–Kier alpha value is -3.36. The monoisotopic (exact) mass is 544 g/mol. The van der Waals surface area contributed by atoms with Gasteiger partial charge in [0.25, 0.3) is 11.8 Å². The van der Waals surface area contributed by atoms with Crippen LogP contribution in [-0.2, 0) is 16.1 Å². The third kappa shape index (κ3) is 5.81. The molecule has 0 bridgehead atoms. The number of rotatable bonds is 8. The number of ether oxygens (including phenoxy) is 1. The first-order valence-corrected chi connectivity index (χ1v) is 12.7. The average molecular weight is 545 g/mol. The summed E-state index contributed by atoms with van der Waals surface area (Å²) < 4.78 is 5.21. The number of carbonyl (C=O) groups excluding carboxylic acids is 3. The van der Waals surface area contributed by atoms with Crippen molar-refractivity contribution in [3.63, 3.8) is 0 Å². The van der Waals surface area contributed by atoms with Crippen molar-refractivity contribution in [1.29, 1.82) is 0 Å². The Bertz CT molecular complexity index is 1250. The van der Waals surface area contributed by atoms with Crippen LogP contribution in [0.25, 0.3) is 5.57 Å². The van der Waals surface area contributed by atoms with Gasteiger partial charge in [-0.2, -0.15) is 0 Å². The molecule has 0 unspecified atom stereocenters. The maximum absolute atomic E-state index is 13.4. The minimum atomic E-state index is -0.555. The van der Waals surface area contributed by atoms with Crippen LogP contribution < -0.4 is 11.2 Å². The Morgan fingerprint density at radius 3 is 2.49 bits per heavy atom. The van der Waals surface area contributed by atoms with E-state index in [-0.39, 0.29) is 40.6 Å². The Morgan fingerprint density at radius 1 is 1.24 bits per heavy atom. The fourth-order valence-corrected chi connectivity index (χ4v) is 5.21. The molecule has 1 aliphatic heterocycles. The molecule has 2 amide bonds. The third-order valence-corrected chi connectivity index (χ3v) is 6.95. The van der Waals surface area contributed by atoms with Crippen molar-refractivity contribution in [2.75, 3.05) is 13.7 Å². The van der Waals surface area contributed by atoms with Gasteiger partial charge in [-0.25, -0.2) is 5.01 Å². The van der Waals surface area contributed by atoms with Gasteiger partial charge in [0.15, 0.2) is 0 Å². The molecule has 2 aromatic carbocycles. The number of fused-ring (bicyclic) bond motifs is 1. The molecule has 2 atom stereocenters. The number of hydrazine groups is 1. The first-order chi connectivity index (χ1) is 17.7. The number of hydrogen-bond donors (Lipinski definition) is 2. The smallest absolute Gasteiger partial charge is 0.309 e. The van der Waals surface area contributed by atoms with E-state index in [1.807, 2.05) is 19.1 Å². The number of carbonyl (C=O) groups is 3. The van der Waals surface area contributed by atoms with Crippen LogP contribution in [0.15, 0.2) is 41.5 Å². The molecule has 0 spiro atoms. The highest BCUT2D eigenvalue weighted by Crippen LogP contribution is 2.35. The van der Waals surface area contributed by atoms with E-state index < -0.39 is 17.7 Å². The van der Waals surface area contributed by atoms with E-state index in [1.54, 1.807) is 45.3 Å². The van der Waals surface area contributed by atoms with Crippen LogP contribution in [0, 0.1) is 5.92 Å². The van der Waals surface area contributed by atoms with Crippen LogP contribution in [0.5, 0.6) is 0 Å². The molecule has 37 heavy (non-hydrogen) atoms. The zero-order valence-electron chi connectivity index (χ0n) is 21.2. The molecular weight excluding hydrogens is 515 g/mol. The predicted octanol–water partition coefficient (Wildman–Crippen LogP) is 4.99. The quantitative estimate of drug-likeness (QED) is 0.359. The zero-order chi connectivity index (χ0) is 27.3. The lowest BCUT2D eigenvalue weighted by Crippen LogP contribution is -2.50. The summed E-state index contributed by atoms with van der Waals surface area (Å²) in [4.78, 5) is 43.1. The lowest BCUT2D eigenvalue weighted by molar-refractivity contribution is -0.148. The third-order valence-electron chi connectivity index (χ3n) is 6.36. The number of amides is 2. The fraction of sp³-hybridized carbons (Fsp3) is 0.333. The molecule has 0 fully saturated rings. The van der Waals surface area contributed by atoms with Crippen molar-refractivity contribution in [2.24, 2.45) is 16.6 Å². The van der Waals surface area contributed by atoms with Gasteiger partial charge in [0.2, 0.25) is 0 Å². The Labute approximate surface area is 226 Å². The van der Waals surface area contributed by atoms with Crippen LogP contribution in [-0.4, -0.2) is 42.7 Å². The lowest BCUT2D eigenvalue weighted by Gasteiger charge is -2.32. The Balaban J connectivity index is 1.95. The molecule has 0 aromatic heterocycles. The van der Waals surface area contributed by atoms with Crippen LogP contribution in [0.2, 0.25) is 10.0 Å². The van der Waals surface area contributed by atoms with E-state index in [0.29, 0.717) is 28.7 Å². The van der Waals surface area contributed by atoms with Crippen molar-refractivity contribution >= 4 is 52.8 Å². The summed E-state index contributed by atoms with van der Waals surface area (Å²) in [6, 6.07) is 8.59. The molecule has 196 valence electrons. The second kappa shape index (κ2) is 12.3. The SMILES string of the molecule is CCOC(=O)[C@@H](C)[C@@H](CC)c1cccc2c1C(=O)NN(C(=O)c1c(Cl)cc(C(C=NC)=CN)cc1Cl)C2. The normalized spacial score (nSPS) is 15.2. The minimum absolute atomic E-state index is 0.0548. The van der Waals surface area contributed by atoms with Gasteiger partial charge in [-0.1, -0.05) is 55.2 Å². The second-order valence-electron chi connectivity index (χ2n) is 8.59. The number of allylic oxidation sites excluding steroid dienone is 1. The molecule has 0 saturated carbocycles. The number of esters is 1. The Morgan fingerprint density at radius 2 is 1.92 bits per heavy atom. The zero-order valence-corrected chi connectivity index (χ0v) is 22.7. The maximum atomic E-state index is 13.4. The summed E-state index contributed by atoms with van der Waals surface area (Å²) in [7, 11) is 1.60. The topological polar surface area (TPSA) is 114 Å². The highest BCUT2D eigenvalue weighted by atomic mass is 35.5. The summed E-state index contributed by atoms with van der Waals surface area (Å²) in [5.41, 5.74) is 11.4.